The van der Waals surface area contributed by atoms with Crippen LogP contribution in [-0.2, 0) is 10.0 Å². The van der Waals surface area contributed by atoms with Crippen LogP contribution in [-0.4, -0.2) is 18.4 Å². The summed E-state index contributed by atoms with van der Waals surface area (Å²) in [5, 5.41) is 8.51. The fourth-order valence-corrected chi connectivity index (χ4v) is 2.17. The van der Waals surface area contributed by atoms with Crippen molar-refractivity contribution in [3.05, 3.63) is 48.3 Å². The standard InChI is InChI=1S/C11H8N4O2S/c12-7-9-4-5-10(14-8-9)15-18(16,17)11-3-1-2-6-13-11/h1-6,8H,(H,14,15). The van der Waals surface area contributed by atoms with Crippen molar-refractivity contribution in [2.75, 3.05) is 4.72 Å². The van der Waals surface area contributed by atoms with Crippen LogP contribution in [0.4, 0.5) is 5.82 Å². The molecule has 0 aliphatic carbocycles. The highest BCUT2D eigenvalue weighted by molar-refractivity contribution is 7.92. The van der Waals surface area contributed by atoms with Crippen molar-refractivity contribution in [2.45, 2.75) is 5.03 Å². The Morgan fingerprint density at radius 1 is 1.17 bits per heavy atom. The molecule has 0 fully saturated rings. The Morgan fingerprint density at radius 3 is 2.56 bits per heavy atom. The summed E-state index contributed by atoms with van der Waals surface area (Å²) >= 11 is 0. The first-order valence-corrected chi connectivity index (χ1v) is 6.40. The number of nitrogens with zero attached hydrogens (tertiary/aromatic N) is 3. The van der Waals surface area contributed by atoms with E-state index in [4.69, 9.17) is 5.26 Å². The van der Waals surface area contributed by atoms with E-state index in [0.29, 0.717) is 5.56 Å². The first kappa shape index (κ1) is 12.0. The van der Waals surface area contributed by atoms with Crippen molar-refractivity contribution in [1.29, 1.82) is 5.26 Å². The number of anilines is 1. The normalized spacial score (nSPS) is 10.6. The largest absolute Gasteiger partial charge is 0.280 e. The lowest BCUT2D eigenvalue weighted by atomic mass is 10.3. The molecule has 0 aliphatic heterocycles. The number of hydrogen-bond donors (Lipinski definition) is 1. The molecular weight excluding hydrogens is 252 g/mol. The van der Waals surface area contributed by atoms with Gasteiger partial charge in [0.25, 0.3) is 10.0 Å². The summed E-state index contributed by atoms with van der Waals surface area (Å²) in [5.74, 6) is 0.139. The molecule has 0 saturated carbocycles. The number of sulfonamides is 1. The summed E-state index contributed by atoms with van der Waals surface area (Å²) in [6.07, 6.45) is 2.68. The predicted molar refractivity (Wildman–Crippen MR) is 64.0 cm³/mol. The second-order valence-electron chi connectivity index (χ2n) is 3.32. The molecule has 0 aliphatic rings. The molecule has 2 aromatic heterocycles. The number of rotatable bonds is 3. The molecule has 0 radical (unpaired) electrons. The first-order chi connectivity index (χ1) is 8.62. The highest BCUT2D eigenvalue weighted by Crippen LogP contribution is 2.11. The number of nitrogens with one attached hydrogen (secondary N) is 1. The molecule has 0 atom stereocenters. The van der Waals surface area contributed by atoms with Gasteiger partial charge in [0.2, 0.25) is 0 Å². The molecule has 2 rings (SSSR count). The van der Waals surface area contributed by atoms with Crippen molar-refractivity contribution in [3.8, 4) is 6.07 Å². The quantitative estimate of drug-likeness (QED) is 0.893. The molecular formula is C11H8N4O2S. The molecule has 0 bridgehead atoms. The lowest BCUT2D eigenvalue weighted by molar-refractivity contribution is 0.597. The van der Waals surface area contributed by atoms with Gasteiger partial charge in [0.05, 0.1) is 5.56 Å². The van der Waals surface area contributed by atoms with E-state index in [1.807, 2.05) is 6.07 Å². The second kappa shape index (κ2) is 4.81. The van der Waals surface area contributed by atoms with Gasteiger partial charge in [0.1, 0.15) is 11.9 Å². The Kier molecular flexibility index (Phi) is 3.21. The van der Waals surface area contributed by atoms with Gasteiger partial charge in [0.15, 0.2) is 5.03 Å². The molecule has 1 N–H and O–H groups in total. The SMILES string of the molecule is N#Cc1ccc(NS(=O)(=O)c2ccccn2)nc1. The fourth-order valence-electron chi connectivity index (χ4n) is 1.22. The van der Waals surface area contributed by atoms with E-state index >= 15 is 0 Å². The summed E-state index contributed by atoms with van der Waals surface area (Å²) in [6, 6.07) is 9.37. The Bertz CT molecular complexity index is 675. The molecule has 0 spiro atoms. The Hall–Kier alpha value is -2.46. The highest BCUT2D eigenvalue weighted by Gasteiger charge is 2.15. The predicted octanol–water partition coefficient (Wildman–Crippen LogP) is 1.15. The minimum Gasteiger partial charge on any atom is -0.262 e. The van der Waals surface area contributed by atoms with Gasteiger partial charge >= 0.3 is 0 Å². The molecule has 2 heterocycles. The molecule has 7 heteroatoms. The third-order valence-corrected chi connectivity index (χ3v) is 3.31. The molecule has 2 aromatic rings. The molecule has 0 aromatic carbocycles. The number of nitriles is 1. The van der Waals surface area contributed by atoms with E-state index in [9.17, 15) is 8.42 Å². The average molecular weight is 260 g/mol. The maximum absolute atomic E-state index is 11.9. The first-order valence-electron chi connectivity index (χ1n) is 4.92. The monoisotopic (exact) mass is 260 g/mol. The third-order valence-electron chi connectivity index (χ3n) is 2.04. The number of hydrogen-bond acceptors (Lipinski definition) is 5. The van der Waals surface area contributed by atoms with Gasteiger partial charge in [-0.2, -0.15) is 13.7 Å². The minimum atomic E-state index is -3.74. The van der Waals surface area contributed by atoms with Crippen LogP contribution in [0.3, 0.4) is 0 Å². The summed E-state index contributed by atoms with van der Waals surface area (Å²) in [6.45, 7) is 0. The zero-order valence-electron chi connectivity index (χ0n) is 9.11. The summed E-state index contributed by atoms with van der Waals surface area (Å²) in [7, 11) is -3.74. The maximum Gasteiger partial charge on any atom is 0.280 e. The van der Waals surface area contributed by atoms with Crippen LogP contribution in [0.15, 0.2) is 47.8 Å². The van der Waals surface area contributed by atoms with E-state index in [1.165, 1.54) is 30.6 Å². The van der Waals surface area contributed by atoms with Crippen molar-refractivity contribution < 1.29 is 8.42 Å². The summed E-state index contributed by atoms with van der Waals surface area (Å²) in [5.41, 5.74) is 0.357. The third kappa shape index (κ3) is 2.61. The van der Waals surface area contributed by atoms with Crippen LogP contribution in [0.25, 0.3) is 0 Å². The van der Waals surface area contributed by atoms with E-state index in [-0.39, 0.29) is 10.8 Å². The van der Waals surface area contributed by atoms with Crippen LogP contribution in [0, 0.1) is 11.3 Å². The molecule has 0 amide bonds. The molecule has 6 nitrogen and oxygen atoms in total. The van der Waals surface area contributed by atoms with E-state index in [1.54, 1.807) is 12.1 Å². The van der Waals surface area contributed by atoms with E-state index in [2.05, 4.69) is 14.7 Å². The van der Waals surface area contributed by atoms with Crippen molar-refractivity contribution in [2.24, 2.45) is 0 Å². The van der Waals surface area contributed by atoms with E-state index in [0.717, 1.165) is 0 Å². The van der Waals surface area contributed by atoms with Gasteiger partial charge in [0, 0.05) is 12.4 Å². The number of aromatic nitrogens is 2. The second-order valence-corrected chi connectivity index (χ2v) is 4.95. The van der Waals surface area contributed by atoms with Crippen molar-refractivity contribution in [1.82, 2.24) is 9.97 Å². The van der Waals surface area contributed by atoms with Crippen LogP contribution in [0.1, 0.15) is 5.56 Å². The van der Waals surface area contributed by atoms with Crippen molar-refractivity contribution >= 4 is 15.8 Å². The Labute approximate surface area is 104 Å². The lowest BCUT2D eigenvalue weighted by Crippen LogP contribution is -2.15. The van der Waals surface area contributed by atoms with Crippen LogP contribution < -0.4 is 4.72 Å². The zero-order valence-corrected chi connectivity index (χ0v) is 9.92. The Morgan fingerprint density at radius 2 is 2.00 bits per heavy atom. The number of pyridine rings is 2. The van der Waals surface area contributed by atoms with Crippen LogP contribution in [0.2, 0.25) is 0 Å². The minimum absolute atomic E-state index is 0.0869. The van der Waals surface area contributed by atoms with Crippen LogP contribution >= 0.6 is 0 Å². The highest BCUT2D eigenvalue weighted by atomic mass is 32.2. The fraction of sp³-hybridized carbons (Fsp3) is 0. The summed E-state index contributed by atoms with van der Waals surface area (Å²) < 4.78 is 26.0. The maximum atomic E-state index is 11.9. The average Bonchev–Trinajstić information content (AvgIpc) is 2.40. The topological polar surface area (TPSA) is 95.7 Å². The van der Waals surface area contributed by atoms with E-state index < -0.39 is 10.0 Å². The Balaban J connectivity index is 2.26. The zero-order chi connectivity index (χ0) is 13.0. The van der Waals surface area contributed by atoms with Crippen LogP contribution in [0.5, 0.6) is 0 Å². The van der Waals surface area contributed by atoms with Gasteiger partial charge in [-0.3, -0.25) is 4.72 Å². The molecule has 0 unspecified atom stereocenters. The van der Waals surface area contributed by atoms with Gasteiger partial charge < -0.3 is 0 Å². The van der Waals surface area contributed by atoms with Gasteiger partial charge in [-0.15, -0.1) is 0 Å². The molecule has 90 valence electrons. The molecule has 18 heavy (non-hydrogen) atoms. The van der Waals surface area contributed by atoms with Gasteiger partial charge in [-0.25, -0.2) is 9.97 Å². The van der Waals surface area contributed by atoms with Gasteiger partial charge in [-0.1, -0.05) is 6.07 Å². The molecule has 0 saturated heterocycles. The van der Waals surface area contributed by atoms with Gasteiger partial charge in [-0.05, 0) is 24.3 Å². The smallest absolute Gasteiger partial charge is 0.262 e. The lowest BCUT2D eigenvalue weighted by Gasteiger charge is -2.05. The van der Waals surface area contributed by atoms with Crippen molar-refractivity contribution in [3.63, 3.8) is 0 Å². The summed E-state index contributed by atoms with van der Waals surface area (Å²) in [4.78, 5) is 7.57.